The summed E-state index contributed by atoms with van der Waals surface area (Å²) in [6.45, 7) is 5.46. The minimum absolute atomic E-state index is 0.114. The highest BCUT2D eigenvalue weighted by Gasteiger charge is 2.18. The lowest BCUT2D eigenvalue weighted by molar-refractivity contribution is -0.137. The van der Waals surface area contributed by atoms with E-state index in [4.69, 9.17) is 5.11 Å². The van der Waals surface area contributed by atoms with Crippen molar-refractivity contribution in [3.63, 3.8) is 0 Å². The van der Waals surface area contributed by atoms with Crippen LogP contribution in [0.1, 0.15) is 35.0 Å². The van der Waals surface area contributed by atoms with Crippen molar-refractivity contribution in [1.82, 2.24) is 15.1 Å². The van der Waals surface area contributed by atoms with Gasteiger partial charge in [-0.05, 0) is 38.5 Å². The lowest BCUT2D eigenvalue weighted by atomic mass is 10.2. The van der Waals surface area contributed by atoms with Crippen LogP contribution in [0.15, 0.2) is 30.5 Å². The molecule has 0 spiro atoms. The van der Waals surface area contributed by atoms with E-state index in [0.29, 0.717) is 11.3 Å². The predicted molar refractivity (Wildman–Crippen MR) is 82.2 cm³/mol. The van der Waals surface area contributed by atoms with Crippen LogP contribution in [0.3, 0.4) is 0 Å². The van der Waals surface area contributed by atoms with E-state index in [9.17, 15) is 9.59 Å². The molecule has 2 rings (SSSR count). The Morgan fingerprint density at radius 2 is 2.09 bits per heavy atom. The summed E-state index contributed by atoms with van der Waals surface area (Å²) in [5.41, 5.74) is 3.15. The Labute approximate surface area is 128 Å². The Kier molecular flexibility index (Phi) is 4.60. The van der Waals surface area contributed by atoms with Gasteiger partial charge in [0.05, 0.1) is 29.6 Å². The first kappa shape index (κ1) is 15.8. The molecule has 2 N–H and O–H groups in total. The summed E-state index contributed by atoms with van der Waals surface area (Å²) in [7, 11) is 0. The van der Waals surface area contributed by atoms with E-state index >= 15 is 0 Å². The van der Waals surface area contributed by atoms with E-state index < -0.39 is 12.0 Å². The lowest BCUT2D eigenvalue weighted by Crippen LogP contribution is -2.34. The number of nitrogens with zero attached hydrogens (tertiary/aromatic N) is 2. The number of carbonyl (C=O) groups excluding carboxylic acids is 1. The number of aryl methyl sites for hydroxylation is 1. The fourth-order valence-corrected chi connectivity index (χ4v) is 2.27. The summed E-state index contributed by atoms with van der Waals surface area (Å²) in [6.07, 6.45) is 1.39. The van der Waals surface area contributed by atoms with Crippen molar-refractivity contribution in [1.29, 1.82) is 0 Å². The summed E-state index contributed by atoms with van der Waals surface area (Å²) in [5, 5.41) is 15.7. The van der Waals surface area contributed by atoms with Gasteiger partial charge in [-0.3, -0.25) is 9.59 Å². The summed E-state index contributed by atoms with van der Waals surface area (Å²) in [4.78, 5) is 22.9. The molecule has 1 aromatic heterocycles. The number of aliphatic carboxylic acids is 1. The molecule has 1 atom stereocenters. The van der Waals surface area contributed by atoms with Crippen LogP contribution in [-0.2, 0) is 4.79 Å². The molecule has 22 heavy (non-hydrogen) atoms. The number of carboxylic acid groups (broad SMARTS) is 1. The Balaban J connectivity index is 2.20. The number of aromatic nitrogens is 2. The van der Waals surface area contributed by atoms with Crippen molar-refractivity contribution in [3.05, 3.63) is 47.3 Å². The molecule has 0 fully saturated rings. The van der Waals surface area contributed by atoms with Gasteiger partial charge in [-0.1, -0.05) is 12.1 Å². The van der Waals surface area contributed by atoms with Gasteiger partial charge < -0.3 is 10.4 Å². The zero-order valence-electron chi connectivity index (χ0n) is 12.8. The first-order valence-corrected chi connectivity index (χ1v) is 7.03. The van der Waals surface area contributed by atoms with Crippen molar-refractivity contribution in [3.8, 4) is 5.69 Å². The standard InChI is InChI=1S/C16H19N3O3/c1-10-5-4-6-13(7-10)19-12(3)14(9-17-19)16(22)18-11(2)8-15(20)21/h4-7,9,11H,8H2,1-3H3,(H,18,22)(H,20,21). The van der Waals surface area contributed by atoms with Crippen LogP contribution >= 0.6 is 0 Å². The van der Waals surface area contributed by atoms with Gasteiger partial charge in [0.1, 0.15) is 0 Å². The fourth-order valence-electron chi connectivity index (χ4n) is 2.27. The van der Waals surface area contributed by atoms with Crippen LogP contribution in [-0.4, -0.2) is 32.8 Å². The fraction of sp³-hybridized carbons (Fsp3) is 0.312. The van der Waals surface area contributed by atoms with E-state index in [2.05, 4.69) is 10.4 Å². The monoisotopic (exact) mass is 301 g/mol. The molecule has 6 heteroatoms. The number of carbonyl (C=O) groups is 2. The topological polar surface area (TPSA) is 84.2 Å². The molecular weight excluding hydrogens is 282 g/mol. The summed E-state index contributed by atoms with van der Waals surface area (Å²) < 4.78 is 1.70. The van der Waals surface area contributed by atoms with Crippen LogP contribution in [0.2, 0.25) is 0 Å². The van der Waals surface area contributed by atoms with E-state index in [1.165, 1.54) is 6.20 Å². The number of hydrogen-bond donors (Lipinski definition) is 2. The molecule has 6 nitrogen and oxygen atoms in total. The molecule has 0 bridgehead atoms. The minimum Gasteiger partial charge on any atom is -0.481 e. The van der Waals surface area contributed by atoms with Gasteiger partial charge in [-0.2, -0.15) is 5.10 Å². The van der Waals surface area contributed by atoms with Gasteiger partial charge in [0.25, 0.3) is 5.91 Å². The average Bonchev–Trinajstić information content (AvgIpc) is 2.79. The van der Waals surface area contributed by atoms with Crippen LogP contribution in [0, 0.1) is 13.8 Å². The Morgan fingerprint density at radius 1 is 1.36 bits per heavy atom. The molecule has 1 unspecified atom stereocenters. The molecule has 0 aliphatic rings. The highest BCUT2D eigenvalue weighted by Crippen LogP contribution is 2.15. The third kappa shape index (κ3) is 3.52. The summed E-state index contributed by atoms with van der Waals surface area (Å²) in [5.74, 6) is -1.26. The molecule has 1 aromatic carbocycles. The molecule has 0 aliphatic heterocycles. The number of amides is 1. The van der Waals surface area contributed by atoms with Gasteiger partial charge in [0, 0.05) is 6.04 Å². The third-order valence-electron chi connectivity index (χ3n) is 3.36. The number of hydrogen-bond acceptors (Lipinski definition) is 3. The molecule has 0 saturated heterocycles. The maximum atomic E-state index is 12.2. The number of nitrogens with one attached hydrogen (secondary N) is 1. The Hall–Kier alpha value is -2.63. The molecule has 1 heterocycles. The SMILES string of the molecule is Cc1cccc(-n2ncc(C(=O)NC(C)CC(=O)O)c2C)c1. The first-order chi connectivity index (χ1) is 10.4. The van der Waals surface area contributed by atoms with Crippen molar-refractivity contribution in [2.45, 2.75) is 33.2 Å². The number of carboxylic acids is 1. The van der Waals surface area contributed by atoms with Crippen LogP contribution in [0.5, 0.6) is 0 Å². The van der Waals surface area contributed by atoms with Gasteiger partial charge in [0.15, 0.2) is 0 Å². The van der Waals surface area contributed by atoms with Crippen molar-refractivity contribution in [2.75, 3.05) is 0 Å². The molecule has 0 radical (unpaired) electrons. The van der Waals surface area contributed by atoms with Gasteiger partial charge in [-0.15, -0.1) is 0 Å². The van der Waals surface area contributed by atoms with Crippen LogP contribution in [0.4, 0.5) is 0 Å². The molecule has 116 valence electrons. The van der Waals surface area contributed by atoms with Gasteiger partial charge >= 0.3 is 5.97 Å². The van der Waals surface area contributed by atoms with E-state index in [-0.39, 0.29) is 12.3 Å². The first-order valence-electron chi connectivity index (χ1n) is 7.03. The van der Waals surface area contributed by atoms with E-state index in [1.807, 2.05) is 38.1 Å². The largest absolute Gasteiger partial charge is 0.481 e. The van der Waals surface area contributed by atoms with Crippen molar-refractivity contribution >= 4 is 11.9 Å². The Bertz CT molecular complexity index is 706. The molecule has 0 saturated carbocycles. The Morgan fingerprint density at radius 3 is 2.73 bits per heavy atom. The zero-order valence-corrected chi connectivity index (χ0v) is 12.8. The maximum absolute atomic E-state index is 12.2. The third-order valence-corrected chi connectivity index (χ3v) is 3.36. The smallest absolute Gasteiger partial charge is 0.305 e. The zero-order chi connectivity index (χ0) is 16.3. The van der Waals surface area contributed by atoms with E-state index in [0.717, 1.165) is 11.3 Å². The second-order valence-electron chi connectivity index (χ2n) is 5.37. The normalized spacial score (nSPS) is 12.0. The minimum atomic E-state index is -0.944. The second-order valence-corrected chi connectivity index (χ2v) is 5.37. The molecule has 2 aromatic rings. The predicted octanol–water partition coefficient (Wildman–Crippen LogP) is 2.08. The van der Waals surface area contributed by atoms with Crippen molar-refractivity contribution < 1.29 is 14.7 Å². The highest BCUT2D eigenvalue weighted by molar-refractivity contribution is 5.95. The summed E-state index contributed by atoms with van der Waals surface area (Å²) in [6, 6.07) is 7.38. The maximum Gasteiger partial charge on any atom is 0.305 e. The van der Waals surface area contributed by atoms with Crippen molar-refractivity contribution in [2.24, 2.45) is 0 Å². The molecule has 0 aliphatic carbocycles. The average molecular weight is 301 g/mol. The number of benzene rings is 1. The highest BCUT2D eigenvalue weighted by atomic mass is 16.4. The van der Waals surface area contributed by atoms with E-state index in [1.54, 1.807) is 11.6 Å². The molecular formula is C16H19N3O3. The van der Waals surface area contributed by atoms with Crippen LogP contribution in [0.25, 0.3) is 5.69 Å². The quantitative estimate of drug-likeness (QED) is 0.885. The lowest BCUT2D eigenvalue weighted by Gasteiger charge is -2.11. The molecule has 1 amide bonds. The second kappa shape index (κ2) is 6.43. The van der Waals surface area contributed by atoms with Gasteiger partial charge in [0.2, 0.25) is 0 Å². The van der Waals surface area contributed by atoms with Gasteiger partial charge in [-0.25, -0.2) is 4.68 Å². The summed E-state index contributed by atoms with van der Waals surface area (Å²) >= 11 is 0. The van der Waals surface area contributed by atoms with Crippen LogP contribution < -0.4 is 5.32 Å². The number of rotatable bonds is 5.